The fraction of sp³-hybridized carbons (Fsp3) is 0.786. The summed E-state index contributed by atoms with van der Waals surface area (Å²) in [6.07, 6.45) is 12.0. The van der Waals surface area contributed by atoms with Crippen molar-refractivity contribution < 1.29 is 14.2 Å². The molecule has 2 atom stereocenters. The van der Waals surface area contributed by atoms with Crippen LogP contribution in [-0.4, -0.2) is 61.6 Å². The first-order valence-electron chi connectivity index (χ1n) is 13.7. The van der Waals surface area contributed by atoms with Crippen molar-refractivity contribution in [1.29, 1.82) is 0 Å². The van der Waals surface area contributed by atoms with Gasteiger partial charge < -0.3 is 14.2 Å². The zero-order chi connectivity index (χ0) is 23.7. The van der Waals surface area contributed by atoms with E-state index in [1.165, 1.54) is 51.4 Å². The van der Waals surface area contributed by atoms with Crippen LogP contribution < -0.4 is 9.47 Å². The first kappa shape index (κ1) is 27.9. The van der Waals surface area contributed by atoms with Crippen LogP contribution in [0.2, 0.25) is 0 Å². The van der Waals surface area contributed by atoms with Gasteiger partial charge in [0.05, 0.1) is 13.2 Å². The summed E-state index contributed by atoms with van der Waals surface area (Å²) in [5, 5.41) is 0. The number of benzene rings is 1. The van der Waals surface area contributed by atoms with E-state index in [0.29, 0.717) is 13.2 Å². The van der Waals surface area contributed by atoms with Crippen LogP contribution in [0, 0.1) is 0 Å². The third-order valence-corrected chi connectivity index (χ3v) is 6.61. The number of unbranched alkanes of at least 4 members (excludes halogenated alkanes) is 6. The molecule has 5 nitrogen and oxygen atoms in total. The summed E-state index contributed by atoms with van der Waals surface area (Å²) in [6, 6.07) is 8.22. The molecule has 0 amide bonds. The van der Waals surface area contributed by atoms with Crippen LogP contribution in [0.4, 0.5) is 0 Å². The second-order valence-corrected chi connectivity index (χ2v) is 9.18. The number of nitrogens with zero attached hydrogens (tertiary/aromatic N) is 2. The van der Waals surface area contributed by atoms with E-state index >= 15 is 0 Å². The molecule has 33 heavy (non-hydrogen) atoms. The molecule has 190 valence electrons. The minimum atomic E-state index is 0.0469. The minimum Gasteiger partial charge on any atom is -0.475 e. The van der Waals surface area contributed by atoms with Crippen LogP contribution >= 0.6 is 0 Å². The summed E-state index contributed by atoms with van der Waals surface area (Å²) >= 11 is 0. The van der Waals surface area contributed by atoms with Gasteiger partial charge in [0.1, 0.15) is 11.5 Å². The van der Waals surface area contributed by atoms with Gasteiger partial charge in [-0.25, -0.2) is 0 Å². The van der Waals surface area contributed by atoms with E-state index in [4.69, 9.17) is 14.2 Å². The molecule has 1 aromatic rings. The molecule has 0 saturated carbocycles. The van der Waals surface area contributed by atoms with Gasteiger partial charge in [0, 0.05) is 25.9 Å². The van der Waals surface area contributed by atoms with Gasteiger partial charge in [0.15, 0.2) is 12.5 Å². The molecule has 0 N–H and O–H groups in total. The number of ether oxygens (including phenoxy) is 3. The maximum absolute atomic E-state index is 6.44. The molecule has 0 spiro atoms. The van der Waals surface area contributed by atoms with E-state index in [0.717, 1.165) is 50.5 Å². The van der Waals surface area contributed by atoms with E-state index in [1.54, 1.807) is 0 Å². The fourth-order valence-corrected chi connectivity index (χ4v) is 4.51. The fourth-order valence-electron chi connectivity index (χ4n) is 4.51. The summed E-state index contributed by atoms with van der Waals surface area (Å²) in [7, 11) is 0. The van der Waals surface area contributed by atoms with Crippen LogP contribution in [0.25, 0.3) is 0 Å². The molecular weight excluding hydrogens is 412 g/mol. The summed E-state index contributed by atoms with van der Waals surface area (Å²) in [5.41, 5.74) is 0. The molecule has 2 heterocycles. The van der Waals surface area contributed by atoms with E-state index in [2.05, 4.69) is 61.8 Å². The van der Waals surface area contributed by atoms with Crippen molar-refractivity contribution in [3.8, 4) is 11.5 Å². The van der Waals surface area contributed by atoms with Gasteiger partial charge >= 0.3 is 0 Å². The molecule has 5 heteroatoms. The average Bonchev–Trinajstić information content (AvgIpc) is 2.86. The zero-order valence-corrected chi connectivity index (χ0v) is 21.9. The predicted octanol–water partition coefficient (Wildman–Crippen LogP) is 6.71. The predicted molar refractivity (Wildman–Crippen MR) is 138 cm³/mol. The lowest BCUT2D eigenvalue weighted by Gasteiger charge is -2.31. The molecule has 2 aliphatic heterocycles. The number of hydrogen-bond donors (Lipinski definition) is 0. The summed E-state index contributed by atoms with van der Waals surface area (Å²) in [4.78, 5) is 4.92. The summed E-state index contributed by atoms with van der Waals surface area (Å²) in [6.45, 7) is 14.5. The smallest absolute Gasteiger partial charge is 0.154 e. The Hall–Kier alpha value is -1.30. The summed E-state index contributed by atoms with van der Waals surface area (Å²) < 4.78 is 19.0. The van der Waals surface area contributed by atoms with Gasteiger partial charge in [0.25, 0.3) is 0 Å². The Bertz CT molecular complexity index is 544. The third kappa shape index (κ3) is 10.7. The zero-order valence-electron chi connectivity index (χ0n) is 21.9. The third-order valence-electron chi connectivity index (χ3n) is 6.61. The standard InChI is InChI=1S/C28H50N2O3/c1-5-9-11-13-21-29(7-3)27-19-23-31-24-20-28(30(8-4)22-14-12-10-6-2)33-26-17-15-25(32-27)16-18-26/h15-18,27-28H,5-14,19-24H2,1-4H3. The Morgan fingerprint density at radius 3 is 1.42 bits per heavy atom. The second-order valence-electron chi connectivity index (χ2n) is 9.18. The number of rotatable bonds is 14. The Kier molecular flexibility index (Phi) is 14.5. The van der Waals surface area contributed by atoms with Crippen molar-refractivity contribution in [3.63, 3.8) is 0 Å². The topological polar surface area (TPSA) is 34.2 Å². The lowest BCUT2D eigenvalue weighted by Crippen LogP contribution is -2.41. The molecule has 0 aliphatic carbocycles. The first-order chi connectivity index (χ1) is 16.2. The van der Waals surface area contributed by atoms with Gasteiger partial charge in [-0.2, -0.15) is 0 Å². The Labute approximate surface area is 203 Å². The quantitative estimate of drug-likeness (QED) is 0.287. The van der Waals surface area contributed by atoms with Crippen molar-refractivity contribution in [2.24, 2.45) is 0 Å². The molecular formula is C28H50N2O3. The van der Waals surface area contributed by atoms with E-state index < -0.39 is 0 Å². The van der Waals surface area contributed by atoms with Crippen molar-refractivity contribution >= 4 is 0 Å². The lowest BCUT2D eigenvalue weighted by molar-refractivity contribution is -0.0203. The highest BCUT2D eigenvalue weighted by Gasteiger charge is 2.22. The number of hydrogen-bond acceptors (Lipinski definition) is 5. The van der Waals surface area contributed by atoms with Gasteiger partial charge in [-0.1, -0.05) is 66.2 Å². The monoisotopic (exact) mass is 462 g/mol. The van der Waals surface area contributed by atoms with Crippen LogP contribution in [0.1, 0.15) is 91.9 Å². The molecule has 1 aromatic carbocycles. The minimum absolute atomic E-state index is 0.0469. The molecule has 2 unspecified atom stereocenters. The van der Waals surface area contributed by atoms with Gasteiger partial charge in [-0.3, -0.25) is 9.80 Å². The van der Waals surface area contributed by atoms with Gasteiger partial charge in [-0.15, -0.1) is 0 Å². The Balaban J connectivity index is 2.02. The second kappa shape index (κ2) is 17.2. The largest absolute Gasteiger partial charge is 0.475 e. The highest BCUT2D eigenvalue weighted by Crippen LogP contribution is 2.24. The molecule has 0 radical (unpaired) electrons. The van der Waals surface area contributed by atoms with E-state index in [1.807, 2.05) is 0 Å². The maximum atomic E-state index is 6.44. The van der Waals surface area contributed by atoms with Crippen LogP contribution in [0.5, 0.6) is 11.5 Å². The lowest BCUT2D eigenvalue weighted by atomic mass is 10.2. The van der Waals surface area contributed by atoms with Crippen molar-refractivity contribution in [1.82, 2.24) is 9.80 Å². The number of fused-ring (bicyclic) bond motifs is 10. The summed E-state index contributed by atoms with van der Waals surface area (Å²) in [5.74, 6) is 1.81. The first-order valence-corrected chi connectivity index (χ1v) is 13.7. The highest BCUT2D eigenvalue weighted by molar-refractivity contribution is 5.31. The molecule has 0 fully saturated rings. The molecule has 0 saturated heterocycles. The molecule has 3 rings (SSSR count). The van der Waals surface area contributed by atoms with E-state index in [9.17, 15) is 0 Å². The van der Waals surface area contributed by atoms with Gasteiger partial charge in [0.2, 0.25) is 0 Å². The van der Waals surface area contributed by atoms with E-state index in [-0.39, 0.29) is 12.5 Å². The normalized spacial score (nSPS) is 19.6. The van der Waals surface area contributed by atoms with Crippen molar-refractivity contribution in [3.05, 3.63) is 24.3 Å². The molecule has 2 bridgehead atoms. The average molecular weight is 463 g/mol. The highest BCUT2D eigenvalue weighted by atomic mass is 16.5. The Morgan fingerprint density at radius 1 is 0.636 bits per heavy atom. The van der Waals surface area contributed by atoms with Crippen LogP contribution in [0.15, 0.2) is 24.3 Å². The van der Waals surface area contributed by atoms with Crippen molar-refractivity contribution in [2.45, 2.75) is 104 Å². The van der Waals surface area contributed by atoms with Crippen LogP contribution in [0.3, 0.4) is 0 Å². The van der Waals surface area contributed by atoms with Crippen molar-refractivity contribution in [2.75, 3.05) is 39.4 Å². The molecule has 0 aromatic heterocycles. The SMILES string of the molecule is CCCCCCN(CC)C1CCOCCC(N(CC)CCCCCC)Oc2ccc(cc2)O1. The maximum Gasteiger partial charge on any atom is 0.154 e. The molecule has 2 aliphatic rings. The van der Waals surface area contributed by atoms with Gasteiger partial charge in [-0.05, 0) is 50.2 Å². The Morgan fingerprint density at radius 2 is 1.06 bits per heavy atom. The van der Waals surface area contributed by atoms with Crippen LogP contribution in [-0.2, 0) is 4.74 Å².